The first kappa shape index (κ1) is 18.5. The van der Waals surface area contributed by atoms with E-state index in [4.69, 9.17) is 4.74 Å². The molecule has 0 unspecified atom stereocenters. The zero-order valence-electron chi connectivity index (χ0n) is 14.9. The number of carbonyl (C=O) groups excluding carboxylic acids is 2. The molecule has 132 valence electrons. The maximum atomic E-state index is 12.0. The molecule has 0 bridgehead atoms. The summed E-state index contributed by atoms with van der Waals surface area (Å²) in [5.74, 6) is 0.313. The molecular formula is C20H24N2O3. The SMILES string of the molecule is Cc1ccc(OCC(=O)NCCNC(=O)c2ccccc2C)cc1C. The molecule has 0 aliphatic heterocycles. The van der Waals surface area contributed by atoms with Crippen LogP contribution in [0.2, 0.25) is 0 Å². The Morgan fingerprint density at radius 2 is 1.60 bits per heavy atom. The van der Waals surface area contributed by atoms with E-state index in [9.17, 15) is 9.59 Å². The third-order valence-electron chi connectivity index (χ3n) is 3.97. The summed E-state index contributed by atoms with van der Waals surface area (Å²) in [4.78, 5) is 23.8. The van der Waals surface area contributed by atoms with Gasteiger partial charge in [0.15, 0.2) is 6.61 Å². The Labute approximate surface area is 148 Å². The topological polar surface area (TPSA) is 67.4 Å². The Bertz CT molecular complexity index is 756. The minimum absolute atomic E-state index is 0.0474. The van der Waals surface area contributed by atoms with Gasteiger partial charge in [-0.05, 0) is 55.7 Å². The van der Waals surface area contributed by atoms with E-state index in [1.54, 1.807) is 6.07 Å². The summed E-state index contributed by atoms with van der Waals surface area (Å²) in [5.41, 5.74) is 3.87. The molecule has 0 radical (unpaired) electrons. The van der Waals surface area contributed by atoms with E-state index in [1.807, 2.05) is 57.2 Å². The van der Waals surface area contributed by atoms with E-state index in [-0.39, 0.29) is 18.4 Å². The lowest BCUT2D eigenvalue weighted by Crippen LogP contribution is -2.36. The number of aryl methyl sites for hydroxylation is 3. The molecule has 2 N–H and O–H groups in total. The largest absolute Gasteiger partial charge is 0.484 e. The van der Waals surface area contributed by atoms with Crippen LogP contribution in [0.3, 0.4) is 0 Å². The number of hydrogen-bond acceptors (Lipinski definition) is 3. The maximum absolute atomic E-state index is 12.0. The highest BCUT2D eigenvalue weighted by atomic mass is 16.5. The van der Waals surface area contributed by atoms with Crippen LogP contribution < -0.4 is 15.4 Å². The van der Waals surface area contributed by atoms with Crippen molar-refractivity contribution in [3.63, 3.8) is 0 Å². The highest BCUT2D eigenvalue weighted by molar-refractivity contribution is 5.95. The first-order valence-electron chi connectivity index (χ1n) is 8.28. The lowest BCUT2D eigenvalue weighted by Gasteiger charge is -2.10. The molecule has 25 heavy (non-hydrogen) atoms. The second-order valence-corrected chi connectivity index (χ2v) is 5.96. The molecule has 0 spiro atoms. The number of ether oxygens (including phenoxy) is 1. The third kappa shape index (κ3) is 5.64. The molecule has 2 rings (SSSR count). The Kier molecular flexibility index (Phi) is 6.57. The number of carbonyl (C=O) groups is 2. The van der Waals surface area contributed by atoms with Gasteiger partial charge in [0.25, 0.3) is 11.8 Å². The van der Waals surface area contributed by atoms with Crippen molar-refractivity contribution >= 4 is 11.8 Å². The highest BCUT2D eigenvalue weighted by Crippen LogP contribution is 2.16. The molecule has 2 amide bonds. The van der Waals surface area contributed by atoms with E-state index in [0.29, 0.717) is 24.4 Å². The van der Waals surface area contributed by atoms with Crippen molar-refractivity contribution < 1.29 is 14.3 Å². The van der Waals surface area contributed by atoms with Crippen LogP contribution in [-0.4, -0.2) is 31.5 Å². The van der Waals surface area contributed by atoms with Crippen molar-refractivity contribution in [3.8, 4) is 5.75 Å². The molecule has 5 heteroatoms. The van der Waals surface area contributed by atoms with E-state index < -0.39 is 0 Å². The van der Waals surface area contributed by atoms with E-state index in [2.05, 4.69) is 10.6 Å². The number of rotatable bonds is 7. The number of nitrogens with one attached hydrogen (secondary N) is 2. The van der Waals surface area contributed by atoms with Gasteiger partial charge in [0.1, 0.15) is 5.75 Å². The van der Waals surface area contributed by atoms with Crippen molar-refractivity contribution in [2.24, 2.45) is 0 Å². The Morgan fingerprint density at radius 1 is 0.880 bits per heavy atom. The summed E-state index contributed by atoms with van der Waals surface area (Å²) in [5, 5.41) is 5.51. The van der Waals surface area contributed by atoms with Gasteiger partial charge in [-0.3, -0.25) is 9.59 Å². The van der Waals surface area contributed by atoms with Gasteiger partial charge < -0.3 is 15.4 Å². The summed E-state index contributed by atoms with van der Waals surface area (Å²) in [6.45, 7) is 6.58. The van der Waals surface area contributed by atoms with Gasteiger partial charge in [-0.1, -0.05) is 24.3 Å². The summed E-state index contributed by atoms with van der Waals surface area (Å²) >= 11 is 0. The van der Waals surface area contributed by atoms with Gasteiger partial charge in [-0.25, -0.2) is 0 Å². The first-order valence-corrected chi connectivity index (χ1v) is 8.28. The zero-order chi connectivity index (χ0) is 18.2. The van der Waals surface area contributed by atoms with Gasteiger partial charge >= 0.3 is 0 Å². The molecule has 2 aromatic carbocycles. The van der Waals surface area contributed by atoms with E-state index in [1.165, 1.54) is 5.56 Å². The number of benzene rings is 2. The lowest BCUT2D eigenvalue weighted by molar-refractivity contribution is -0.123. The normalized spacial score (nSPS) is 10.2. The summed E-state index contributed by atoms with van der Waals surface area (Å²) in [7, 11) is 0. The standard InChI is InChI=1S/C20H24N2O3/c1-14-8-9-17(12-16(14)3)25-13-19(23)21-10-11-22-20(24)18-7-5-4-6-15(18)2/h4-9,12H,10-11,13H2,1-3H3,(H,21,23)(H,22,24). The maximum Gasteiger partial charge on any atom is 0.258 e. The van der Waals surface area contributed by atoms with Crippen LogP contribution >= 0.6 is 0 Å². The highest BCUT2D eigenvalue weighted by Gasteiger charge is 2.08. The van der Waals surface area contributed by atoms with Crippen molar-refractivity contribution in [3.05, 3.63) is 64.7 Å². The van der Waals surface area contributed by atoms with Crippen LogP contribution in [0.4, 0.5) is 0 Å². The lowest BCUT2D eigenvalue weighted by atomic mass is 10.1. The molecule has 0 saturated carbocycles. The van der Waals surface area contributed by atoms with Crippen LogP contribution in [0.1, 0.15) is 27.0 Å². The minimum Gasteiger partial charge on any atom is -0.484 e. The fourth-order valence-electron chi connectivity index (χ4n) is 2.30. The molecule has 0 heterocycles. The second-order valence-electron chi connectivity index (χ2n) is 5.96. The van der Waals surface area contributed by atoms with Crippen LogP contribution in [0.5, 0.6) is 5.75 Å². The van der Waals surface area contributed by atoms with Crippen LogP contribution in [-0.2, 0) is 4.79 Å². The minimum atomic E-state index is -0.219. The van der Waals surface area contributed by atoms with Crippen molar-refractivity contribution in [1.82, 2.24) is 10.6 Å². The monoisotopic (exact) mass is 340 g/mol. The van der Waals surface area contributed by atoms with Gasteiger partial charge in [-0.2, -0.15) is 0 Å². The molecule has 2 aromatic rings. The van der Waals surface area contributed by atoms with Gasteiger partial charge in [0.05, 0.1) is 0 Å². The third-order valence-corrected chi connectivity index (χ3v) is 3.97. The average molecular weight is 340 g/mol. The Hall–Kier alpha value is -2.82. The van der Waals surface area contributed by atoms with Crippen molar-refractivity contribution in [1.29, 1.82) is 0 Å². The smallest absolute Gasteiger partial charge is 0.258 e. The molecule has 0 saturated heterocycles. The average Bonchev–Trinajstić information content (AvgIpc) is 2.60. The Balaban J connectivity index is 1.67. The van der Waals surface area contributed by atoms with Gasteiger partial charge in [0, 0.05) is 18.7 Å². The summed E-state index contributed by atoms with van der Waals surface area (Å²) in [6.07, 6.45) is 0. The second kappa shape index (κ2) is 8.87. The van der Waals surface area contributed by atoms with Crippen LogP contribution in [0.25, 0.3) is 0 Å². The molecular weight excluding hydrogens is 316 g/mol. The van der Waals surface area contributed by atoms with Crippen LogP contribution in [0.15, 0.2) is 42.5 Å². The fraction of sp³-hybridized carbons (Fsp3) is 0.300. The summed E-state index contributed by atoms with van der Waals surface area (Å²) < 4.78 is 5.47. The van der Waals surface area contributed by atoms with Crippen molar-refractivity contribution in [2.75, 3.05) is 19.7 Å². The van der Waals surface area contributed by atoms with Crippen LogP contribution in [0, 0.1) is 20.8 Å². The molecule has 0 fully saturated rings. The number of hydrogen-bond donors (Lipinski definition) is 2. The van der Waals surface area contributed by atoms with Crippen molar-refractivity contribution in [2.45, 2.75) is 20.8 Å². The molecule has 0 aromatic heterocycles. The molecule has 0 aliphatic carbocycles. The predicted molar refractivity (Wildman–Crippen MR) is 97.9 cm³/mol. The first-order chi connectivity index (χ1) is 12.0. The number of amides is 2. The predicted octanol–water partition coefficient (Wildman–Crippen LogP) is 2.54. The van der Waals surface area contributed by atoms with Gasteiger partial charge in [0.2, 0.25) is 0 Å². The Morgan fingerprint density at radius 3 is 2.32 bits per heavy atom. The van der Waals surface area contributed by atoms with Gasteiger partial charge in [-0.15, -0.1) is 0 Å². The van der Waals surface area contributed by atoms with E-state index in [0.717, 1.165) is 11.1 Å². The molecule has 5 nitrogen and oxygen atoms in total. The zero-order valence-corrected chi connectivity index (χ0v) is 14.9. The molecule has 0 aliphatic rings. The molecule has 0 atom stereocenters. The quantitative estimate of drug-likeness (QED) is 0.761. The van der Waals surface area contributed by atoms with E-state index >= 15 is 0 Å². The fourth-order valence-corrected chi connectivity index (χ4v) is 2.30. The summed E-state index contributed by atoms with van der Waals surface area (Å²) in [6, 6.07) is 13.1.